The van der Waals surface area contributed by atoms with Gasteiger partial charge in [-0.2, -0.15) is 0 Å². The summed E-state index contributed by atoms with van der Waals surface area (Å²) in [5, 5.41) is 5.30. The molecule has 1 atom stereocenters. The molecule has 0 radical (unpaired) electrons. The fourth-order valence-electron chi connectivity index (χ4n) is 3.49. The summed E-state index contributed by atoms with van der Waals surface area (Å²) in [4.78, 5) is 37.1. The highest BCUT2D eigenvalue weighted by Gasteiger charge is 2.29. The minimum atomic E-state index is -0.495. The number of rotatable bonds is 2. The van der Waals surface area contributed by atoms with Gasteiger partial charge in [0.2, 0.25) is 11.8 Å². The Balaban J connectivity index is 1.57. The molecule has 3 amide bonds. The van der Waals surface area contributed by atoms with Gasteiger partial charge < -0.3 is 9.64 Å². The van der Waals surface area contributed by atoms with Crippen molar-refractivity contribution >= 4 is 17.9 Å². The number of benzene rings is 1. The number of hydrogen-bond donors (Lipinski definition) is 2. The molecule has 3 rings (SSSR count). The standard InChI is InChI=1S/C20H27N3O4/c1-20(2,3)27-19(26)23-10-8-14(9-11-23)13-4-6-15(7-5-13)17-18(25)22-16(24)12-21-17/h4-7,14,17,21H,8-12H2,1-3H3,(H,22,24,25). The Labute approximate surface area is 159 Å². The number of piperazine rings is 1. The Kier molecular flexibility index (Phi) is 5.51. The van der Waals surface area contributed by atoms with E-state index >= 15 is 0 Å². The molecule has 2 saturated heterocycles. The van der Waals surface area contributed by atoms with E-state index in [0.717, 1.165) is 18.4 Å². The average Bonchev–Trinajstić information content (AvgIpc) is 2.61. The van der Waals surface area contributed by atoms with Gasteiger partial charge in [-0.25, -0.2) is 4.79 Å². The minimum absolute atomic E-state index is 0.140. The van der Waals surface area contributed by atoms with Crippen LogP contribution in [0.15, 0.2) is 24.3 Å². The number of nitrogens with zero attached hydrogens (tertiary/aromatic N) is 1. The molecule has 2 heterocycles. The highest BCUT2D eigenvalue weighted by Crippen LogP contribution is 2.29. The third kappa shape index (κ3) is 4.86. The van der Waals surface area contributed by atoms with Crippen LogP contribution in [0.25, 0.3) is 0 Å². The average molecular weight is 373 g/mol. The van der Waals surface area contributed by atoms with Crippen molar-refractivity contribution in [3.05, 3.63) is 35.4 Å². The first-order valence-corrected chi connectivity index (χ1v) is 9.38. The van der Waals surface area contributed by atoms with Crippen LogP contribution < -0.4 is 10.6 Å². The third-order valence-electron chi connectivity index (χ3n) is 4.88. The normalized spacial score (nSPS) is 21.7. The van der Waals surface area contributed by atoms with Crippen LogP contribution in [0.2, 0.25) is 0 Å². The summed E-state index contributed by atoms with van der Waals surface area (Å²) in [7, 11) is 0. The number of piperidine rings is 1. The van der Waals surface area contributed by atoms with Crippen LogP contribution in [0, 0.1) is 0 Å². The van der Waals surface area contributed by atoms with Crippen molar-refractivity contribution in [3.63, 3.8) is 0 Å². The van der Waals surface area contributed by atoms with Crippen LogP contribution in [0.4, 0.5) is 4.79 Å². The quantitative estimate of drug-likeness (QED) is 0.775. The van der Waals surface area contributed by atoms with E-state index in [9.17, 15) is 14.4 Å². The maximum atomic E-state index is 12.2. The smallest absolute Gasteiger partial charge is 0.410 e. The van der Waals surface area contributed by atoms with Crippen molar-refractivity contribution in [2.24, 2.45) is 0 Å². The molecule has 0 spiro atoms. The van der Waals surface area contributed by atoms with Crippen LogP contribution in [0.1, 0.15) is 56.7 Å². The zero-order valence-corrected chi connectivity index (χ0v) is 16.1. The lowest BCUT2D eigenvalue weighted by atomic mass is 9.88. The number of carbonyl (C=O) groups is 3. The number of carbonyl (C=O) groups excluding carboxylic acids is 3. The van der Waals surface area contributed by atoms with Crippen molar-refractivity contribution in [2.75, 3.05) is 19.6 Å². The highest BCUT2D eigenvalue weighted by molar-refractivity contribution is 6.01. The summed E-state index contributed by atoms with van der Waals surface area (Å²) in [5.41, 5.74) is 1.57. The van der Waals surface area contributed by atoms with Gasteiger partial charge >= 0.3 is 6.09 Å². The van der Waals surface area contributed by atoms with E-state index in [1.807, 2.05) is 45.0 Å². The number of amides is 3. The molecule has 2 N–H and O–H groups in total. The van der Waals surface area contributed by atoms with Gasteiger partial charge in [0.15, 0.2) is 0 Å². The number of ether oxygens (including phenoxy) is 1. The molecule has 1 unspecified atom stereocenters. The fraction of sp³-hybridized carbons (Fsp3) is 0.550. The van der Waals surface area contributed by atoms with E-state index in [0.29, 0.717) is 19.0 Å². The Morgan fingerprint density at radius 1 is 1.07 bits per heavy atom. The SMILES string of the molecule is CC(C)(C)OC(=O)N1CCC(c2ccc(C3NCC(=O)NC3=O)cc2)CC1. The van der Waals surface area contributed by atoms with Crippen molar-refractivity contribution in [2.45, 2.75) is 51.2 Å². The van der Waals surface area contributed by atoms with Crippen LogP contribution in [-0.4, -0.2) is 48.0 Å². The second-order valence-electron chi connectivity index (χ2n) is 8.13. The maximum Gasteiger partial charge on any atom is 0.410 e. The fourth-order valence-corrected chi connectivity index (χ4v) is 3.49. The zero-order valence-electron chi connectivity index (χ0n) is 16.1. The lowest BCUT2D eigenvalue weighted by Crippen LogP contribution is -2.51. The third-order valence-corrected chi connectivity index (χ3v) is 4.88. The van der Waals surface area contributed by atoms with E-state index in [1.54, 1.807) is 4.90 Å². The van der Waals surface area contributed by atoms with Gasteiger partial charge in [0, 0.05) is 13.1 Å². The van der Waals surface area contributed by atoms with Gasteiger partial charge in [0.05, 0.1) is 6.54 Å². The van der Waals surface area contributed by atoms with Gasteiger partial charge in [-0.1, -0.05) is 24.3 Å². The molecule has 2 aliphatic rings. The van der Waals surface area contributed by atoms with E-state index in [4.69, 9.17) is 4.74 Å². The van der Waals surface area contributed by atoms with E-state index in [1.165, 1.54) is 5.56 Å². The largest absolute Gasteiger partial charge is 0.444 e. The molecule has 7 heteroatoms. The van der Waals surface area contributed by atoms with Crippen LogP contribution >= 0.6 is 0 Å². The first kappa shape index (κ1) is 19.4. The monoisotopic (exact) mass is 373 g/mol. The molecule has 1 aromatic rings. The molecule has 7 nitrogen and oxygen atoms in total. The zero-order chi connectivity index (χ0) is 19.6. The molecule has 0 aliphatic carbocycles. The molecule has 0 bridgehead atoms. The minimum Gasteiger partial charge on any atom is -0.444 e. The number of likely N-dealkylation sites (tertiary alicyclic amines) is 1. The maximum absolute atomic E-state index is 12.2. The number of hydrogen-bond acceptors (Lipinski definition) is 5. The van der Waals surface area contributed by atoms with Crippen LogP contribution in [0.3, 0.4) is 0 Å². The van der Waals surface area contributed by atoms with Gasteiger partial charge in [0.1, 0.15) is 11.6 Å². The Morgan fingerprint density at radius 3 is 2.22 bits per heavy atom. The van der Waals surface area contributed by atoms with Gasteiger partial charge in [-0.05, 0) is 50.7 Å². The second-order valence-corrected chi connectivity index (χ2v) is 8.13. The number of nitrogens with one attached hydrogen (secondary N) is 2. The highest BCUT2D eigenvalue weighted by atomic mass is 16.6. The van der Waals surface area contributed by atoms with E-state index < -0.39 is 11.6 Å². The molecular formula is C20H27N3O4. The lowest BCUT2D eigenvalue weighted by Gasteiger charge is -2.33. The number of imide groups is 1. The molecule has 0 aromatic heterocycles. The Hall–Kier alpha value is -2.41. The first-order chi connectivity index (χ1) is 12.7. The van der Waals surface area contributed by atoms with Crippen molar-refractivity contribution in [1.82, 2.24) is 15.5 Å². The molecule has 2 fully saturated rings. The first-order valence-electron chi connectivity index (χ1n) is 9.38. The molecular weight excluding hydrogens is 346 g/mol. The molecule has 27 heavy (non-hydrogen) atoms. The predicted molar refractivity (Wildman–Crippen MR) is 100 cm³/mol. The van der Waals surface area contributed by atoms with E-state index in [2.05, 4.69) is 10.6 Å². The van der Waals surface area contributed by atoms with Crippen LogP contribution in [-0.2, 0) is 14.3 Å². The summed E-state index contributed by atoms with van der Waals surface area (Å²) < 4.78 is 5.44. The van der Waals surface area contributed by atoms with Crippen molar-refractivity contribution in [3.8, 4) is 0 Å². The summed E-state index contributed by atoms with van der Waals surface area (Å²) in [6, 6.07) is 7.44. The lowest BCUT2D eigenvalue weighted by molar-refractivity contribution is -0.134. The van der Waals surface area contributed by atoms with Gasteiger partial charge in [-0.15, -0.1) is 0 Å². The summed E-state index contributed by atoms with van der Waals surface area (Å²) in [6.07, 6.45) is 1.52. The second kappa shape index (κ2) is 7.68. The molecule has 146 valence electrons. The van der Waals surface area contributed by atoms with Crippen molar-refractivity contribution < 1.29 is 19.1 Å². The molecule has 2 aliphatic heterocycles. The van der Waals surface area contributed by atoms with Crippen molar-refractivity contribution in [1.29, 1.82) is 0 Å². The van der Waals surface area contributed by atoms with Crippen LogP contribution in [0.5, 0.6) is 0 Å². The van der Waals surface area contributed by atoms with Gasteiger partial charge in [0.25, 0.3) is 0 Å². The Morgan fingerprint density at radius 2 is 1.67 bits per heavy atom. The predicted octanol–water partition coefficient (Wildman–Crippen LogP) is 2.09. The molecule has 0 saturated carbocycles. The van der Waals surface area contributed by atoms with E-state index in [-0.39, 0.29) is 24.5 Å². The topological polar surface area (TPSA) is 87.7 Å². The van der Waals surface area contributed by atoms with Gasteiger partial charge in [-0.3, -0.25) is 20.2 Å². The summed E-state index contributed by atoms with van der Waals surface area (Å²) >= 11 is 0. The Bertz CT molecular complexity index is 716. The molecule has 1 aromatic carbocycles. The summed E-state index contributed by atoms with van der Waals surface area (Å²) in [5.74, 6) is -0.234. The summed E-state index contributed by atoms with van der Waals surface area (Å²) in [6.45, 7) is 7.11.